The molecule has 0 spiro atoms. The van der Waals surface area contributed by atoms with E-state index in [4.69, 9.17) is 23.8 Å². The minimum Gasteiger partial charge on any atom is -0.304 e. The highest BCUT2D eigenvalue weighted by molar-refractivity contribution is 7.71. The van der Waals surface area contributed by atoms with E-state index in [1.807, 2.05) is 12.1 Å². The largest absolute Gasteiger partial charge is 0.304 e. The second-order valence-electron chi connectivity index (χ2n) is 4.58. The Morgan fingerprint density at radius 2 is 2.00 bits per heavy atom. The first-order valence-electron chi connectivity index (χ1n) is 6.59. The van der Waals surface area contributed by atoms with E-state index in [-0.39, 0.29) is 0 Å². The number of hydrogen-bond acceptors (Lipinski definition) is 2. The number of aromatic amines is 1. The summed E-state index contributed by atoms with van der Waals surface area (Å²) in [4.78, 5) is 0. The molecular weight excluding hydrogens is 278 g/mol. The molecule has 0 radical (unpaired) electrons. The summed E-state index contributed by atoms with van der Waals surface area (Å²) in [6.45, 7) is 3.04. The van der Waals surface area contributed by atoms with Crippen molar-refractivity contribution in [2.75, 3.05) is 0 Å². The van der Waals surface area contributed by atoms with Gasteiger partial charge in [0.25, 0.3) is 0 Å². The molecule has 0 atom stereocenters. The van der Waals surface area contributed by atoms with E-state index in [0.29, 0.717) is 4.77 Å². The summed E-state index contributed by atoms with van der Waals surface area (Å²) >= 11 is 11.2. The van der Waals surface area contributed by atoms with E-state index in [1.165, 1.54) is 5.56 Å². The van der Waals surface area contributed by atoms with Gasteiger partial charge in [-0.25, -0.2) is 0 Å². The minimum atomic E-state index is 0.708. The molecule has 0 unspecified atom stereocenters. The van der Waals surface area contributed by atoms with Gasteiger partial charge in [0.2, 0.25) is 0 Å². The highest BCUT2D eigenvalue weighted by Gasteiger charge is 2.05. The zero-order valence-corrected chi connectivity index (χ0v) is 12.6. The number of nitrogens with one attached hydrogen (secondary N) is 1. The predicted molar refractivity (Wildman–Crippen MR) is 81.2 cm³/mol. The van der Waals surface area contributed by atoms with Crippen LogP contribution < -0.4 is 0 Å². The number of rotatable bonds is 6. The van der Waals surface area contributed by atoms with Crippen molar-refractivity contribution < 1.29 is 0 Å². The van der Waals surface area contributed by atoms with E-state index in [2.05, 4.69) is 33.8 Å². The number of aromatic nitrogens is 3. The number of halogens is 1. The van der Waals surface area contributed by atoms with E-state index < -0.39 is 0 Å². The van der Waals surface area contributed by atoms with Crippen LogP contribution in [0.25, 0.3) is 0 Å². The molecule has 0 saturated heterocycles. The third kappa shape index (κ3) is 3.91. The molecule has 0 saturated carbocycles. The molecule has 0 amide bonds. The van der Waals surface area contributed by atoms with Gasteiger partial charge in [-0.1, -0.05) is 37.1 Å². The third-order valence-electron chi connectivity index (χ3n) is 3.13. The number of unbranched alkanes of at least 4 members (excludes halogenated alkanes) is 1. The molecular formula is C14H18ClN3S. The Bertz CT molecular complexity index is 571. The lowest BCUT2D eigenvalue weighted by Crippen LogP contribution is -2.06. The molecule has 0 fully saturated rings. The van der Waals surface area contributed by atoms with E-state index in [1.54, 1.807) is 0 Å². The van der Waals surface area contributed by atoms with Crippen molar-refractivity contribution in [3.63, 3.8) is 0 Å². The maximum Gasteiger partial charge on any atom is 0.195 e. The Morgan fingerprint density at radius 1 is 1.26 bits per heavy atom. The Labute approximate surface area is 123 Å². The maximum absolute atomic E-state index is 5.88. The van der Waals surface area contributed by atoms with Gasteiger partial charge in [-0.3, -0.25) is 5.10 Å². The summed E-state index contributed by atoms with van der Waals surface area (Å²) in [5, 5.41) is 7.96. The number of H-pyrrole nitrogens is 1. The summed E-state index contributed by atoms with van der Waals surface area (Å²) in [5.74, 6) is 1.06. The molecule has 1 aromatic carbocycles. The first-order chi connectivity index (χ1) is 9.20. The molecule has 102 valence electrons. The maximum atomic E-state index is 5.88. The second-order valence-corrected chi connectivity index (χ2v) is 5.40. The predicted octanol–water partition coefficient (Wildman–Crippen LogP) is 4.18. The van der Waals surface area contributed by atoms with Crippen molar-refractivity contribution in [1.29, 1.82) is 0 Å². The summed E-state index contributed by atoms with van der Waals surface area (Å²) in [5.41, 5.74) is 1.26. The van der Waals surface area contributed by atoms with Crippen molar-refractivity contribution in [2.24, 2.45) is 0 Å². The average Bonchev–Trinajstić information content (AvgIpc) is 2.76. The van der Waals surface area contributed by atoms with Crippen LogP contribution in [0.3, 0.4) is 0 Å². The molecule has 0 aliphatic carbocycles. The molecule has 5 heteroatoms. The fourth-order valence-electron chi connectivity index (χ4n) is 2.00. The molecule has 0 aliphatic heterocycles. The highest BCUT2D eigenvalue weighted by atomic mass is 35.5. The van der Waals surface area contributed by atoms with Gasteiger partial charge in [0, 0.05) is 18.0 Å². The van der Waals surface area contributed by atoms with E-state index in [0.717, 1.165) is 43.1 Å². The third-order valence-corrected chi connectivity index (χ3v) is 3.69. The molecule has 0 aliphatic rings. The quantitative estimate of drug-likeness (QED) is 0.811. The second kappa shape index (κ2) is 6.87. The highest BCUT2D eigenvalue weighted by Crippen LogP contribution is 2.11. The van der Waals surface area contributed by atoms with Crippen molar-refractivity contribution in [3.05, 3.63) is 45.4 Å². The lowest BCUT2D eigenvalue weighted by atomic mass is 10.1. The van der Waals surface area contributed by atoms with Crippen molar-refractivity contribution in [2.45, 2.75) is 39.2 Å². The first-order valence-corrected chi connectivity index (χ1v) is 7.38. The number of aryl methyl sites for hydroxylation is 2. The van der Waals surface area contributed by atoms with Crippen LogP contribution >= 0.6 is 23.8 Å². The molecule has 1 heterocycles. The zero-order valence-electron chi connectivity index (χ0n) is 11.0. The van der Waals surface area contributed by atoms with Gasteiger partial charge in [0.05, 0.1) is 0 Å². The Balaban J connectivity index is 2.04. The van der Waals surface area contributed by atoms with E-state index in [9.17, 15) is 0 Å². The van der Waals surface area contributed by atoms with Crippen LogP contribution in [0.15, 0.2) is 24.3 Å². The van der Waals surface area contributed by atoms with Gasteiger partial charge >= 0.3 is 0 Å². The fraction of sp³-hybridized carbons (Fsp3) is 0.429. The first kappa shape index (κ1) is 14.3. The molecule has 1 aromatic heterocycles. The Hall–Kier alpha value is -1.13. The monoisotopic (exact) mass is 295 g/mol. The van der Waals surface area contributed by atoms with Gasteiger partial charge in [-0.2, -0.15) is 5.10 Å². The van der Waals surface area contributed by atoms with Crippen LogP contribution in [0.5, 0.6) is 0 Å². The van der Waals surface area contributed by atoms with Gasteiger partial charge in [0.1, 0.15) is 5.82 Å². The SMILES string of the molecule is CCCCc1n[nH]c(=S)n1CCc1ccc(Cl)cc1. The average molecular weight is 296 g/mol. The molecule has 0 bridgehead atoms. The summed E-state index contributed by atoms with van der Waals surface area (Å²) in [6, 6.07) is 7.95. The van der Waals surface area contributed by atoms with Gasteiger partial charge in [-0.15, -0.1) is 0 Å². The van der Waals surface area contributed by atoms with Gasteiger partial charge in [0.15, 0.2) is 4.77 Å². The fourth-order valence-corrected chi connectivity index (χ4v) is 2.37. The van der Waals surface area contributed by atoms with Crippen molar-refractivity contribution in [3.8, 4) is 0 Å². The Kier molecular flexibility index (Phi) is 5.16. The topological polar surface area (TPSA) is 33.6 Å². The molecule has 19 heavy (non-hydrogen) atoms. The number of nitrogens with zero attached hydrogens (tertiary/aromatic N) is 2. The van der Waals surface area contributed by atoms with E-state index >= 15 is 0 Å². The lowest BCUT2D eigenvalue weighted by molar-refractivity contribution is 0.625. The summed E-state index contributed by atoms with van der Waals surface area (Å²) < 4.78 is 2.81. The van der Waals surface area contributed by atoms with Crippen LogP contribution in [0.4, 0.5) is 0 Å². The zero-order chi connectivity index (χ0) is 13.7. The van der Waals surface area contributed by atoms with Crippen LogP contribution in [0.1, 0.15) is 31.2 Å². The summed E-state index contributed by atoms with van der Waals surface area (Å²) in [6.07, 6.45) is 4.21. The molecule has 1 N–H and O–H groups in total. The van der Waals surface area contributed by atoms with Crippen LogP contribution in [-0.2, 0) is 19.4 Å². The van der Waals surface area contributed by atoms with Crippen LogP contribution in [-0.4, -0.2) is 14.8 Å². The van der Waals surface area contributed by atoms with Crippen LogP contribution in [0.2, 0.25) is 5.02 Å². The summed E-state index contributed by atoms with van der Waals surface area (Å²) in [7, 11) is 0. The van der Waals surface area contributed by atoms with Crippen molar-refractivity contribution in [1.82, 2.24) is 14.8 Å². The van der Waals surface area contributed by atoms with Gasteiger partial charge in [-0.05, 0) is 42.8 Å². The number of hydrogen-bond donors (Lipinski definition) is 1. The standard InChI is InChI=1S/C14H18ClN3S/c1-2-3-4-13-16-17-14(19)18(13)10-9-11-5-7-12(15)8-6-11/h5-8H,2-4,9-10H2,1H3,(H,17,19). The number of benzene rings is 1. The molecule has 2 aromatic rings. The van der Waals surface area contributed by atoms with Gasteiger partial charge < -0.3 is 4.57 Å². The molecule has 3 nitrogen and oxygen atoms in total. The normalized spacial score (nSPS) is 10.8. The molecule has 2 rings (SSSR count). The smallest absolute Gasteiger partial charge is 0.195 e. The minimum absolute atomic E-state index is 0.708. The lowest BCUT2D eigenvalue weighted by Gasteiger charge is -2.06. The van der Waals surface area contributed by atoms with Crippen molar-refractivity contribution >= 4 is 23.8 Å². The Morgan fingerprint density at radius 3 is 2.68 bits per heavy atom. The van der Waals surface area contributed by atoms with Crippen LogP contribution in [0, 0.1) is 4.77 Å².